The number of aromatic nitrogens is 1. The molecule has 2 aromatic carbocycles. The zero-order valence-corrected chi connectivity index (χ0v) is 18.4. The minimum atomic E-state index is -0.375. The monoisotopic (exact) mass is 439 g/mol. The third-order valence-corrected chi connectivity index (χ3v) is 5.59. The predicted octanol–water partition coefficient (Wildman–Crippen LogP) is 4.61. The minimum Gasteiger partial charge on any atom is -0.497 e. The first-order chi connectivity index (χ1) is 14.9. The number of pyridine rings is 1. The quantitative estimate of drug-likeness (QED) is 0.543. The molecule has 7 nitrogen and oxygen atoms in total. The Balaban J connectivity index is 1.77. The number of carbonyl (C=O) groups excluding carboxylic acids is 1. The van der Waals surface area contributed by atoms with Gasteiger partial charge in [0.15, 0.2) is 0 Å². The standard InChI is InChI=1S/C23H22ClN3O4/c1-13(28)27-20(12-19(26-27)15-8-16(29-2)11-17(9-15)30-3)18-10-14-6-5-7-21(31-4)22(14)25-23(18)24/h5-11,20H,12H2,1-4H3/t20-/m1/s1. The van der Waals surface area contributed by atoms with E-state index in [1.165, 1.54) is 11.9 Å². The van der Waals surface area contributed by atoms with Crippen LogP contribution in [0.25, 0.3) is 10.9 Å². The fourth-order valence-corrected chi connectivity index (χ4v) is 4.02. The molecular weight excluding hydrogens is 418 g/mol. The highest BCUT2D eigenvalue weighted by Crippen LogP contribution is 2.39. The molecule has 3 aromatic rings. The van der Waals surface area contributed by atoms with Crippen molar-refractivity contribution in [2.75, 3.05) is 21.3 Å². The number of nitrogens with zero attached hydrogens (tertiary/aromatic N) is 3. The van der Waals surface area contributed by atoms with E-state index in [-0.39, 0.29) is 11.9 Å². The van der Waals surface area contributed by atoms with Gasteiger partial charge in [0.2, 0.25) is 5.91 Å². The van der Waals surface area contributed by atoms with Crippen molar-refractivity contribution in [1.82, 2.24) is 9.99 Å². The zero-order valence-electron chi connectivity index (χ0n) is 17.7. The van der Waals surface area contributed by atoms with E-state index >= 15 is 0 Å². The fraction of sp³-hybridized carbons (Fsp3) is 0.261. The summed E-state index contributed by atoms with van der Waals surface area (Å²) in [6.07, 6.45) is 0.479. The molecule has 31 heavy (non-hydrogen) atoms. The van der Waals surface area contributed by atoms with Crippen molar-refractivity contribution >= 4 is 34.1 Å². The highest BCUT2D eigenvalue weighted by molar-refractivity contribution is 6.30. The highest BCUT2D eigenvalue weighted by atomic mass is 35.5. The number of hydrazone groups is 1. The van der Waals surface area contributed by atoms with Crippen molar-refractivity contribution in [3.8, 4) is 17.2 Å². The molecule has 0 spiro atoms. The minimum absolute atomic E-state index is 0.184. The molecule has 0 bridgehead atoms. The van der Waals surface area contributed by atoms with Crippen LogP contribution in [-0.4, -0.2) is 42.9 Å². The number of methoxy groups -OCH3 is 3. The van der Waals surface area contributed by atoms with Crippen LogP contribution in [0.1, 0.15) is 30.5 Å². The second-order valence-electron chi connectivity index (χ2n) is 7.13. The normalized spacial score (nSPS) is 15.7. The lowest BCUT2D eigenvalue weighted by Gasteiger charge is -2.21. The number of para-hydroxylation sites is 1. The second-order valence-corrected chi connectivity index (χ2v) is 7.49. The Morgan fingerprint density at radius 1 is 1.06 bits per heavy atom. The van der Waals surface area contributed by atoms with Gasteiger partial charge in [0.1, 0.15) is 27.9 Å². The summed E-state index contributed by atoms with van der Waals surface area (Å²) < 4.78 is 16.1. The second kappa shape index (κ2) is 8.43. The fourth-order valence-electron chi connectivity index (χ4n) is 3.75. The summed E-state index contributed by atoms with van der Waals surface area (Å²) in [6.45, 7) is 1.48. The summed E-state index contributed by atoms with van der Waals surface area (Å²) in [5.41, 5.74) is 2.95. The number of hydrogen-bond donors (Lipinski definition) is 0. The van der Waals surface area contributed by atoms with E-state index in [4.69, 9.17) is 25.8 Å². The molecule has 160 valence electrons. The lowest BCUT2D eigenvalue weighted by atomic mass is 9.98. The predicted molar refractivity (Wildman–Crippen MR) is 119 cm³/mol. The maximum absolute atomic E-state index is 12.4. The maximum atomic E-state index is 12.4. The molecule has 1 aliphatic rings. The van der Waals surface area contributed by atoms with Crippen LogP contribution in [0.2, 0.25) is 5.15 Å². The van der Waals surface area contributed by atoms with Gasteiger partial charge in [0.05, 0.1) is 33.1 Å². The van der Waals surface area contributed by atoms with Crippen LogP contribution >= 0.6 is 11.6 Å². The summed E-state index contributed by atoms with van der Waals surface area (Å²) >= 11 is 6.58. The van der Waals surface area contributed by atoms with Crippen LogP contribution in [-0.2, 0) is 4.79 Å². The number of carbonyl (C=O) groups is 1. The molecule has 0 N–H and O–H groups in total. The van der Waals surface area contributed by atoms with Gasteiger partial charge in [-0.1, -0.05) is 23.7 Å². The molecule has 8 heteroatoms. The number of rotatable bonds is 5. The van der Waals surface area contributed by atoms with E-state index in [0.717, 1.165) is 22.2 Å². The number of hydrogen-bond acceptors (Lipinski definition) is 6. The average Bonchev–Trinajstić information content (AvgIpc) is 3.23. The largest absolute Gasteiger partial charge is 0.497 e. The number of benzene rings is 2. The number of halogens is 1. The molecule has 0 fully saturated rings. The first kappa shape index (κ1) is 20.9. The SMILES string of the molecule is COc1cc(OC)cc(C2=NN(C(C)=O)[C@@H](c3cc4cccc(OC)c4nc3Cl)C2)c1. The third kappa shape index (κ3) is 3.88. The molecule has 0 saturated heterocycles. The smallest absolute Gasteiger partial charge is 0.240 e. The summed E-state index contributed by atoms with van der Waals surface area (Å²) in [6, 6.07) is 12.8. The van der Waals surface area contributed by atoms with Crippen LogP contribution in [0.4, 0.5) is 0 Å². The Morgan fingerprint density at radius 2 is 1.77 bits per heavy atom. The summed E-state index contributed by atoms with van der Waals surface area (Å²) in [7, 11) is 4.78. The van der Waals surface area contributed by atoms with Gasteiger partial charge in [-0.3, -0.25) is 4.79 Å². The van der Waals surface area contributed by atoms with Gasteiger partial charge in [-0.05, 0) is 24.3 Å². The van der Waals surface area contributed by atoms with E-state index in [9.17, 15) is 4.79 Å². The van der Waals surface area contributed by atoms with Crippen LogP contribution in [0.3, 0.4) is 0 Å². The molecule has 1 aliphatic heterocycles. The molecular formula is C23H22ClN3O4. The highest BCUT2D eigenvalue weighted by Gasteiger charge is 2.34. The molecule has 1 amide bonds. The Labute approximate surface area is 185 Å². The summed E-state index contributed by atoms with van der Waals surface area (Å²) in [4.78, 5) is 17.0. The number of amides is 1. The van der Waals surface area contributed by atoms with Gasteiger partial charge < -0.3 is 14.2 Å². The summed E-state index contributed by atoms with van der Waals surface area (Å²) in [5.74, 6) is 1.75. The molecule has 1 atom stereocenters. The van der Waals surface area contributed by atoms with Gasteiger partial charge in [-0.25, -0.2) is 9.99 Å². The van der Waals surface area contributed by atoms with Crippen LogP contribution in [0, 0.1) is 0 Å². The van der Waals surface area contributed by atoms with E-state index in [1.807, 2.05) is 36.4 Å². The Bertz CT molecular complexity index is 1170. The van der Waals surface area contributed by atoms with Gasteiger partial charge in [0.25, 0.3) is 0 Å². The van der Waals surface area contributed by atoms with Crippen molar-refractivity contribution in [2.24, 2.45) is 5.10 Å². The lowest BCUT2D eigenvalue weighted by molar-refractivity contribution is -0.130. The Kier molecular flexibility index (Phi) is 5.69. The lowest BCUT2D eigenvalue weighted by Crippen LogP contribution is -2.24. The zero-order chi connectivity index (χ0) is 22.1. The molecule has 4 rings (SSSR count). The Hall–Kier alpha value is -3.32. The molecule has 2 heterocycles. The van der Waals surface area contributed by atoms with Gasteiger partial charge in [-0.15, -0.1) is 0 Å². The average molecular weight is 440 g/mol. The van der Waals surface area contributed by atoms with Crippen molar-refractivity contribution in [1.29, 1.82) is 0 Å². The van der Waals surface area contributed by atoms with Crippen molar-refractivity contribution in [2.45, 2.75) is 19.4 Å². The maximum Gasteiger partial charge on any atom is 0.240 e. The number of fused-ring (bicyclic) bond motifs is 1. The van der Waals surface area contributed by atoms with Crippen LogP contribution in [0.15, 0.2) is 47.6 Å². The van der Waals surface area contributed by atoms with Crippen molar-refractivity contribution < 1.29 is 19.0 Å². The molecule has 1 aromatic heterocycles. The third-order valence-electron chi connectivity index (χ3n) is 5.29. The van der Waals surface area contributed by atoms with E-state index < -0.39 is 0 Å². The summed E-state index contributed by atoms with van der Waals surface area (Å²) in [5, 5.41) is 7.24. The van der Waals surface area contributed by atoms with Crippen molar-refractivity contribution in [3.63, 3.8) is 0 Å². The van der Waals surface area contributed by atoms with E-state index in [0.29, 0.717) is 34.3 Å². The molecule has 0 unspecified atom stereocenters. The van der Waals surface area contributed by atoms with E-state index in [2.05, 4.69) is 10.1 Å². The van der Waals surface area contributed by atoms with Crippen LogP contribution in [0.5, 0.6) is 17.2 Å². The topological polar surface area (TPSA) is 73.2 Å². The van der Waals surface area contributed by atoms with Crippen LogP contribution < -0.4 is 14.2 Å². The van der Waals surface area contributed by atoms with Gasteiger partial charge >= 0.3 is 0 Å². The first-order valence-electron chi connectivity index (χ1n) is 9.69. The molecule has 0 saturated carbocycles. The van der Waals surface area contributed by atoms with Crippen molar-refractivity contribution in [3.05, 3.63) is 58.7 Å². The van der Waals surface area contributed by atoms with E-state index in [1.54, 1.807) is 27.4 Å². The first-order valence-corrected chi connectivity index (χ1v) is 10.1. The van der Waals surface area contributed by atoms with Gasteiger partial charge in [0, 0.05) is 35.9 Å². The Morgan fingerprint density at radius 3 is 2.39 bits per heavy atom. The molecule has 0 radical (unpaired) electrons. The number of ether oxygens (including phenoxy) is 3. The molecule has 0 aliphatic carbocycles. The van der Waals surface area contributed by atoms with Gasteiger partial charge in [-0.2, -0.15) is 5.10 Å².